The number of benzene rings is 1. The third kappa shape index (κ3) is 2.19. The van der Waals surface area contributed by atoms with Crippen LogP contribution in [0.15, 0.2) is 24.3 Å². The lowest BCUT2D eigenvalue weighted by atomic mass is 9.88. The molecule has 0 aliphatic carbocycles. The third-order valence-electron chi connectivity index (χ3n) is 4.18. The van der Waals surface area contributed by atoms with Crippen molar-refractivity contribution in [2.75, 3.05) is 13.1 Å². The van der Waals surface area contributed by atoms with Gasteiger partial charge in [0, 0.05) is 19.5 Å². The number of carbonyl (C=O) groups is 2. The zero-order chi connectivity index (χ0) is 14.2. The lowest BCUT2D eigenvalue weighted by Crippen LogP contribution is -2.54. The number of fused-ring (bicyclic) bond motifs is 1. The van der Waals surface area contributed by atoms with Gasteiger partial charge < -0.3 is 9.64 Å². The SMILES string of the molecule is C[C@]1(C(=O)N2CCCCC2)Cc2ccccc2C(=O)O1. The molecule has 1 amide bonds. The van der Waals surface area contributed by atoms with Crippen LogP contribution < -0.4 is 0 Å². The molecule has 0 aromatic heterocycles. The highest BCUT2D eigenvalue weighted by atomic mass is 16.6. The number of esters is 1. The molecule has 4 nitrogen and oxygen atoms in total. The summed E-state index contributed by atoms with van der Waals surface area (Å²) in [5.74, 6) is -0.445. The summed E-state index contributed by atoms with van der Waals surface area (Å²) >= 11 is 0. The molecule has 1 aromatic rings. The van der Waals surface area contributed by atoms with E-state index in [-0.39, 0.29) is 11.9 Å². The molecular formula is C16H19NO3. The zero-order valence-electron chi connectivity index (χ0n) is 11.7. The van der Waals surface area contributed by atoms with E-state index in [1.54, 1.807) is 13.0 Å². The molecule has 2 heterocycles. The van der Waals surface area contributed by atoms with Crippen molar-refractivity contribution in [1.82, 2.24) is 4.90 Å². The number of likely N-dealkylation sites (tertiary alicyclic amines) is 1. The van der Waals surface area contributed by atoms with Gasteiger partial charge in [0.2, 0.25) is 0 Å². The number of cyclic esters (lactones) is 1. The van der Waals surface area contributed by atoms with Gasteiger partial charge in [-0.15, -0.1) is 0 Å². The van der Waals surface area contributed by atoms with Crippen molar-refractivity contribution in [1.29, 1.82) is 0 Å². The predicted octanol–water partition coefficient (Wildman–Crippen LogP) is 2.17. The van der Waals surface area contributed by atoms with Crippen LogP contribution in [0.2, 0.25) is 0 Å². The largest absolute Gasteiger partial charge is 0.445 e. The van der Waals surface area contributed by atoms with Gasteiger partial charge in [0.05, 0.1) is 5.56 Å². The molecule has 1 fully saturated rings. The van der Waals surface area contributed by atoms with Crippen molar-refractivity contribution < 1.29 is 14.3 Å². The highest BCUT2D eigenvalue weighted by Gasteiger charge is 2.44. The summed E-state index contributed by atoms with van der Waals surface area (Å²) < 4.78 is 5.49. The van der Waals surface area contributed by atoms with Crippen LogP contribution in [0.3, 0.4) is 0 Å². The van der Waals surface area contributed by atoms with Gasteiger partial charge in [0.25, 0.3) is 5.91 Å². The van der Waals surface area contributed by atoms with E-state index in [4.69, 9.17) is 4.74 Å². The van der Waals surface area contributed by atoms with Gasteiger partial charge in [-0.05, 0) is 37.8 Å². The molecule has 0 saturated carbocycles. The fourth-order valence-corrected chi connectivity index (χ4v) is 3.08. The Bertz CT molecular complexity index is 548. The lowest BCUT2D eigenvalue weighted by molar-refractivity contribution is -0.152. The first-order valence-corrected chi connectivity index (χ1v) is 7.21. The number of ether oxygens (including phenoxy) is 1. The summed E-state index contributed by atoms with van der Waals surface area (Å²) in [6, 6.07) is 7.36. The molecule has 0 N–H and O–H groups in total. The minimum Gasteiger partial charge on any atom is -0.445 e. The van der Waals surface area contributed by atoms with Crippen molar-refractivity contribution in [3.8, 4) is 0 Å². The summed E-state index contributed by atoms with van der Waals surface area (Å²) in [6.07, 6.45) is 3.70. The number of amides is 1. The molecule has 3 rings (SSSR count). The van der Waals surface area contributed by atoms with Crippen LogP contribution >= 0.6 is 0 Å². The normalized spacial score (nSPS) is 25.9. The van der Waals surface area contributed by atoms with Crippen LogP contribution in [-0.4, -0.2) is 35.5 Å². The minimum atomic E-state index is -1.05. The molecular weight excluding hydrogens is 254 g/mol. The molecule has 2 aliphatic rings. The van der Waals surface area contributed by atoms with Crippen molar-refractivity contribution in [2.45, 2.75) is 38.2 Å². The number of rotatable bonds is 1. The van der Waals surface area contributed by atoms with Crippen LogP contribution in [0, 0.1) is 0 Å². The van der Waals surface area contributed by atoms with Gasteiger partial charge in [0.15, 0.2) is 5.60 Å². The van der Waals surface area contributed by atoms with Crippen molar-refractivity contribution in [3.05, 3.63) is 35.4 Å². The molecule has 20 heavy (non-hydrogen) atoms. The monoisotopic (exact) mass is 273 g/mol. The number of piperidine rings is 1. The molecule has 2 aliphatic heterocycles. The Morgan fingerprint density at radius 2 is 1.90 bits per heavy atom. The highest BCUT2D eigenvalue weighted by molar-refractivity contribution is 5.97. The van der Waals surface area contributed by atoms with Crippen LogP contribution in [0.4, 0.5) is 0 Å². The van der Waals surface area contributed by atoms with Crippen molar-refractivity contribution >= 4 is 11.9 Å². The van der Waals surface area contributed by atoms with E-state index < -0.39 is 5.60 Å². The van der Waals surface area contributed by atoms with E-state index in [2.05, 4.69) is 0 Å². The third-order valence-corrected chi connectivity index (χ3v) is 4.18. The quantitative estimate of drug-likeness (QED) is 0.737. The summed E-state index contributed by atoms with van der Waals surface area (Å²) in [5.41, 5.74) is 0.427. The number of carbonyl (C=O) groups excluding carboxylic acids is 2. The molecule has 106 valence electrons. The van der Waals surface area contributed by atoms with E-state index >= 15 is 0 Å². The van der Waals surface area contributed by atoms with Gasteiger partial charge in [-0.25, -0.2) is 4.79 Å². The van der Waals surface area contributed by atoms with E-state index in [0.29, 0.717) is 12.0 Å². The Morgan fingerprint density at radius 3 is 2.65 bits per heavy atom. The van der Waals surface area contributed by atoms with Gasteiger partial charge in [-0.2, -0.15) is 0 Å². The van der Waals surface area contributed by atoms with E-state index in [0.717, 1.165) is 31.5 Å². The lowest BCUT2D eigenvalue weighted by Gasteiger charge is -2.38. The second-order valence-corrected chi connectivity index (χ2v) is 5.81. The second-order valence-electron chi connectivity index (χ2n) is 5.81. The minimum absolute atomic E-state index is 0.0555. The Hall–Kier alpha value is -1.84. The van der Waals surface area contributed by atoms with Crippen LogP contribution in [-0.2, 0) is 16.0 Å². The van der Waals surface area contributed by atoms with Crippen LogP contribution in [0.25, 0.3) is 0 Å². The molecule has 1 saturated heterocycles. The van der Waals surface area contributed by atoms with E-state index in [1.807, 2.05) is 23.1 Å². The summed E-state index contributed by atoms with van der Waals surface area (Å²) in [5, 5.41) is 0. The molecule has 4 heteroatoms. The molecule has 1 aromatic carbocycles. The first-order chi connectivity index (χ1) is 9.60. The molecule has 0 radical (unpaired) electrons. The number of hydrogen-bond donors (Lipinski definition) is 0. The van der Waals surface area contributed by atoms with Gasteiger partial charge in [-0.3, -0.25) is 4.79 Å². The standard InChI is InChI=1S/C16H19NO3/c1-16(15(19)17-9-5-2-6-10-17)11-12-7-3-4-8-13(12)14(18)20-16/h3-4,7-8H,2,5-6,9-11H2,1H3/t16-/m1/s1. The van der Waals surface area contributed by atoms with Gasteiger partial charge >= 0.3 is 5.97 Å². The van der Waals surface area contributed by atoms with Crippen LogP contribution in [0.5, 0.6) is 0 Å². The summed E-state index contributed by atoms with van der Waals surface area (Å²) in [4.78, 5) is 26.6. The second kappa shape index (κ2) is 4.93. The summed E-state index contributed by atoms with van der Waals surface area (Å²) in [6.45, 7) is 3.28. The highest BCUT2D eigenvalue weighted by Crippen LogP contribution is 2.30. The van der Waals surface area contributed by atoms with Crippen molar-refractivity contribution in [2.24, 2.45) is 0 Å². The average molecular weight is 273 g/mol. The average Bonchev–Trinajstić information content (AvgIpc) is 2.47. The molecule has 1 atom stereocenters. The maximum Gasteiger partial charge on any atom is 0.339 e. The van der Waals surface area contributed by atoms with E-state index in [1.165, 1.54) is 6.42 Å². The smallest absolute Gasteiger partial charge is 0.339 e. The molecule has 0 spiro atoms. The predicted molar refractivity (Wildman–Crippen MR) is 74.4 cm³/mol. The molecule has 0 unspecified atom stereocenters. The topological polar surface area (TPSA) is 46.6 Å². The Balaban J connectivity index is 1.86. The number of hydrogen-bond acceptors (Lipinski definition) is 3. The van der Waals surface area contributed by atoms with E-state index in [9.17, 15) is 9.59 Å². The van der Waals surface area contributed by atoms with Gasteiger partial charge in [0.1, 0.15) is 0 Å². The fraction of sp³-hybridized carbons (Fsp3) is 0.500. The number of nitrogens with zero attached hydrogens (tertiary/aromatic N) is 1. The first-order valence-electron chi connectivity index (χ1n) is 7.21. The summed E-state index contributed by atoms with van der Waals surface area (Å²) in [7, 11) is 0. The van der Waals surface area contributed by atoms with Crippen molar-refractivity contribution in [3.63, 3.8) is 0 Å². The van der Waals surface area contributed by atoms with Crippen LogP contribution in [0.1, 0.15) is 42.1 Å². The Labute approximate surface area is 118 Å². The van der Waals surface area contributed by atoms with Gasteiger partial charge in [-0.1, -0.05) is 18.2 Å². The maximum atomic E-state index is 12.7. The Morgan fingerprint density at radius 1 is 1.20 bits per heavy atom. The first kappa shape index (κ1) is 13.2. The zero-order valence-corrected chi connectivity index (χ0v) is 11.7. The Kier molecular flexibility index (Phi) is 3.24. The maximum absolute atomic E-state index is 12.7. The molecule has 0 bridgehead atoms. The fourth-order valence-electron chi connectivity index (χ4n) is 3.08.